The number of Topliss-reactive ketones (excluding diaryl/α,β-unsaturated/α-hetero) is 1. The number of esters is 1. The van der Waals surface area contributed by atoms with Gasteiger partial charge in [-0.2, -0.15) is 0 Å². The Morgan fingerprint density at radius 3 is 2.52 bits per heavy atom. The summed E-state index contributed by atoms with van der Waals surface area (Å²) in [5.41, 5.74) is 1.21. The highest BCUT2D eigenvalue weighted by atomic mass is 32.2. The first-order chi connectivity index (χ1) is 22.7. The number of carbonyl (C=O) groups is 4. The third-order valence-electron chi connectivity index (χ3n) is 8.97. The fraction of sp³-hybridized carbons (Fsp3) is 0.629. The molecule has 2 N–H and O–H groups in total. The number of allylic oxidation sites excluding steroid dienone is 3. The number of hydrogen-bond acceptors (Lipinski definition) is 10. The molecular weight excluding hydrogens is 636 g/mol. The van der Waals surface area contributed by atoms with Crippen molar-refractivity contribution in [3.8, 4) is 0 Å². The lowest BCUT2D eigenvalue weighted by molar-refractivity contribution is -0.161. The van der Waals surface area contributed by atoms with Crippen molar-refractivity contribution in [2.24, 2.45) is 16.8 Å². The normalized spacial score (nSPS) is 29.5. The van der Waals surface area contributed by atoms with Gasteiger partial charge in [0.15, 0.2) is 9.84 Å². The molecule has 2 amide bonds. The van der Waals surface area contributed by atoms with Gasteiger partial charge in [-0.1, -0.05) is 64.5 Å². The standard InChI is InChI=1S/C35H52N4O8S/c1-7-38(8-2)18-19-48(45,46)30-15-17-39-32(30)35(44)47-33(23(3)4)25(6)11-14-31(42)36-16-9-10-24(5)20-27(40)22-28(41)21-26-12-13-29(37-26)34(39)43/h9-11,13-14,20,23,25,27,30,32-33,40H,7-8,12,15-19,21-22H2,1-6H3,(H,36,42)/b10-9-,14-11+,24-20+. The number of cyclic esters (lactones) is 1. The smallest absolute Gasteiger partial charge is 0.330 e. The van der Waals surface area contributed by atoms with Gasteiger partial charge in [0, 0.05) is 50.5 Å². The first-order valence-electron chi connectivity index (χ1n) is 16.9. The van der Waals surface area contributed by atoms with E-state index >= 15 is 0 Å². The molecule has 48 heavy (non-hydrogen) atoms. The molecule has 0 aromatic rings. The number of ketones is 1. The first-order valence-corrected chi connectivity index (χ1v) is 18.6. The van der Waals surface area contributed by atoms with Crippen molar-refractivity contribution < 1.29 is 37.4 Å². The van der Waals surface area contributed by atoms with Gasteiger partial charge in [-0.3, -0.25) is 19.4 Å². The minimum atomic E-state index is -3.84. The van der Waals surface area contributed by atoms with Crippen LogP contribution in [0, 0.1) is 11.8 Å². The largest absolute Gasteiger partial charge is 0.460 e. The highest BCUT2D eigenvalue weighted by Gasteiger charge is 2.50. The molecule has 0 saturated carbocycles. The number of rotatable bonds is 7. The molecule has 13 heteroatoms. The fourth-order valence-electron chi connectivity index (χ4n) is 6.28. The molecule has 5 unspecified atom stereocenters. The Bertz CT molecular complexity index is 1460. The summed E-state index contributed by atoms with van der Waals surface area (Å²) in [4.78, 5) is 60.8. The molecule has 1 fully saturated rings. The van der Waals surface area contributed by atoms with Crippen LogP contribution in [0.5, 0.6) is 0 Å². The number of aliphatic imine (C=N–C) groups is 1. The van der Waals surface area contributed by atoms with Gasteiger partial charge < -0.3 is 25.0 Å². The van der Waals surface area contributed by atoms with E-state index in [2.05, 4.69) is 10.3 Å². The Labute approximate surface area is 285 Å². The Morgan fingerprint density at radius 1 is 1.15 bits per heavy atom. The van der Waals surface area contributed by atoms with Gasteiger partial charge in [-0.05, 0) is 44.5 Å². The average molecular weight is 689 g/mol. The van der Waals surface area contributed by atoms with Crippen LogP contribution < -0.4 is 5.32 Å². The van der Waals surface area contributed by atoms with Crippen molar-refractivity contribution in [1.29, 1.82) is 0 Å². The van der Waals surface area contributed by atoms with Crippen LogP contribution in [0.15, 0.2) is 52.7 Å². The predicted molar refractivity (Wildman–Crippen MR) is 185 cm³/mol. The van der Waals surface area contributed by atoms with Crippen LogP contribution in [0.3, 0.4) is 0 Å². The SMILES string of the molecule is CCN(CC)CCS(=O)(=O)C1CCN2C(=O)C3=CCC(=N3)CC(=O)CC(O)/C=C(C)/C=C\CNC(=O)/C=C/C(C)C(C(C)C)OC(=O)C12. The summed E-state index contributed by atoms with van der Waals surface area (Å²) in [6, 6.07) is -1.39. The molecule has 12 nitrogen and oxygen atoms in total. The van der Waals surface area contributed by atoms with E-state index in [4.69, 9.17) is 4.74 Å². The molecule has 3 rings (SSSR count). The summed E-state index contributed by atoms with van der Waals surface area (Å²) in [6.07, 6.45) is 7.97. The van der Waals surface area contributed by atoms with Crippen LogP contribution in [0.2, 0.25) is 0 Å². The zero-order valence-corrected chi connectivity index (χ0v) is 29.9. The number of amides is 2. The molecule has 0 radical (unpaired) electrons. The van der Waals surface area contributed by atoms with E-state index < -0.39 is 51.1 Å². The lowest BCUT2D eigenvalue weighted by Crippen LogP contribution is -2.50. The summed E-state index contributed by atoms with van der Waals surface area (Å²) in [6.45, 7) is 13.1. The number of fused-ring (bicyclic) bond motifs is 2. The van der Waals surface area contributed by atoms with E-state index in [1.807, 2.05) is 32.6 Å². The lowest BCUT2D eigenvalue weighted by atomic mass is 9.94. The average Bonchev–Trinajstić information content (AvgIpc) is 3.68. The monoisotopic (exact) mass is 688 g/mol. The Hall–Kier alpha value is -3.42. The highest BCUT2D eigenvalue weighted by Crippen LogP contribution is 2.31. The number of nitrogens with one attached hydrogen (secondary N) is 1. The number of hydrogen-bond donors (Lipinski definition) is 2. The molecule has 1 saturated heterocycles. The minimum Gasteiger partial charge on any atom is -0.460 e. The van der Waals surface area contributed by atoms with Crippen molar-refractivity contribution in [3.05, 3.63) is 47.7 Å². The summed E-state index contributed by atoms with van der Waals surface area (Å²) in [7, 11) is -3.84. The van der Waals surface area contributed by atoms with Crippen molar-refractivity contribution in [3.63, 3.8) is 0 Å². The van der Waals surface area contributed by atoms with Gasteiger partial charge in [0.2, 0.25) is 5.91 Å². The number of nitrogens with zero attached hydrogens (tertiary/aromatic N) is 3. The van der Waals surface area contributed by atoms with Crippen LogP contribution >= 0.6 is 0 Å². The quantitative estimate of drug-likeness (QED) is 0.383. The Kier molecular flexibility index (Phi) is 14.5. The predicted octanol–water partition coefficient (Wildman–Crippen LogP) is 2.54. The summed E-state index contributed by atoms with van der Waals surface area (Å²) in [5, 5.41) is 12.0. The zero-order chi connectivity index (χ0) is 35.6. The van der Waals surface area contributed by atoms with E-state index in [0.717, 1.165) is 5.57 Å². The van der Waals surface area contributed by atoms with Crippen LogP contribution in [-0.4, -0.2) is 115 Å². The second-order valence-electron chi connectivity index (χ2n) is 13.0. The van der Waals surface area contributed by atoms with E-state index in [9.17, 15) is 32.7 Å². The number of aliphatic hydroxyl groups is 1. The van der Waals surface area contributed by atoms with E-state index in [1.165, 1.54) is 11.0 Å². The lowest BCUT2D eigenvalue weighted by Gasteiger charge is -2.31. The maximum Gasteiger partial charge on any atom is 0.330 e. The molecule has 5 atom stereocenters. The molecule has 3 aliphatic rings. The van der Waals surface area contributed by atoms with Gasteiger partial charge in [0.1, 0.15) is 23.6 Å². The maximum atomic E-state index is 14.0. The van der Waals surface area contributed by atoms with Gasteiger partial charge in [-0.15, -0.1) is 0 Å². The molecule has 3 aliphatic heterocycles. The van der Waals surface area contributed by atoms with E-state index in [0.29, 0.717) is 25.3 Å². The molecule has 0 aromatic heterocycles. The molecule has 3 heterocycles. The van der Waals surface area contributed by atoms with Crippen LogP contribution in [0.1, 0.15) is 67.2 Å². The number of ether oxygens (including phenoxy) is 1. The summed E-state index contributed by atoms with van der Waals surface area (Å²) in [5.74, 6) is -2.81. The molecular formula is C35H52N4O8S. The van der Waals surface area contributed by atoms with Crippen LogP contribution in [0.25, 0.3) is 0 Å². The van der Waals surface area contributed by atoms with Gasteiger partial charge in [0.05, 0.1) is 17.1 Å². The van der Waals surface area contributed by atoms with E-state index in [-0.39, 0.29) is 67.8 Å². The van der Waals surface area contributed by atoms with E-state index in [1.54, 1.807) is 44.2 Å². The molecule has 2 bridgehead atoms. The topological polar surface area (TPSA) is 163 Å². The van der Waals surface area contributed by atoms with Crippen molar-refractivity contribution in [1.82, 2.24) is 15.1 Å². The van der Waals surface area contributed by atoms with Gasteiger partial charge in [0.25, 0.3) is 5.91 Å². The number of aliphatic hydroxyl groups excluding tert-OH is 1. The first kappa shape index (κ1) is 39.0. The Morgan fingerprint density at radius 2 is 1.85 bits per heavy atom. The number of sulfone groups is 1. The van der Waals surface area contributed by atoms with Crippen molar-refractivity contribution in [2.45, 2.75) is 90.7 Å². The third-order valence-corrected chi connectivity index (χ3v) is 11.1. The second-order valence-corrected chi connectivity index (χ2v) is 15.4. The molecule has 0 spiro atoms. The minimum absolute atomic E-state index is 0.0166. The Balaban J connectivity index is 1.98. The highest BCUT2D eigenvalue weighted by molar-refractivity contribution is 7.92. The summed E-state index contributed by atoms with van der Waals surface area (Å²) < 4.78 is 33.6. The summed E-state index contributed by atoms with van der Waals surface area (Å²) >= 11 is 0. The second kappa shape index (κ2) is 17.8. The van der Waals surface area contributed by atoms with Crippen LogP contribution in [-0.2, 0) is 33.8 Å². The molecule has 0 aliphatic carbocycles. The molecule has 266 valence electrons. The number of carbonyl (C=O) groups excluding carboxylic acids is 4. The third kappa shape index (κ3) is 10.8. The van der Waals surface area contributed by atoms with Crippen molar-refractivity contribution >= 4 is 39.1 Å². The maximum absolute atomic E-state index is 14.0. The van der Waals surface area contributed by atoms with Gasteiger partial charge in [-0.25, -0.2) is 13.2 Å². The zero-order valence-electron chi connectivity index (χ0n) is 29.1. The fourth-order valence-corrected chi connectivity index (χ4v) is 8.21. The molecule has 0 aromatic carbocycles. The van der Waals surface area contributed by atoms with Crippen LogP contribution in [0.4, 0.5) is 0 Å². The van der Waals surface area contributed by atoms with Gasteiger partial charge >= 0.3 is 5.97 Å². The van der Waals surface area contributed by atoms with Crippen molar-refractivity contribution in [2.75, 3.05) is 38.5 Å².